The number of hydrogen-bond donors (Lipinski definition) is 4. The molecule has 61 heavy (non-hydrogen) atoms. The molecule has 0 aromatic carbocycles. The van der Waals surface area contributed by atoms with E-state index in [1.54, 1.807) is 0 Å². The van der Waals surface area contributed by atoms with Crippen LogP contribution in [0.15, 0.2) is 97.2 Å². The molecule has 346 valence electrons. The van der Waals surface area contributed by atoms with Crippen LogP contribution in [0.5, 0.6) is 0 Å². The average molecular weight is 874 g/mol. The fourth-order valence-electron chi connectivity index (χ4n) is 5.59. The molecule has 0 aliphatic heterocycles. The molecule has 0 spiro atoms. The van der Waals surface area contributed by atoms with E-state index in [2.05, 4.69) is 104 Å². The molecule has 0 saturated heterocycles. The molecule has 3 atom stereocenters. The smallest absolute Gasteiger partial charge is 0.472 e. The van der Waals surface area contributed by atoms with E-state index < -0.39 is 57.6 Å². The summed E-state index contributed by atoms with van der Waals surface area (Å²) in [6.07, 6.45) is 54.4. The van der Waals surface area contributed by atoms with E-state index in [4.69, 9.17) is 13.8 Å². The maximum absolute atomic E-state index is 12.3. The molecule has 0 fully saturated rings. The third-order valence-corrected chi connectivity index (χ3v) is 10.1. The fourth-order valence-corrected chi connectivity index (χ4v) is 6.36. The molecule has 4 N–H and O–H groups in total. The van der Waals surface area contributed by atoms with Crippen molar-refractivity contribution in [2.75, 3.05) is 19.8 Å². The Morgan fingerprint density at radius 1 is 0.541 bits per heavy atom. The largest absolute Gasteiger partial charge is 0.480 e. The van der Waals surface area contributed by atoms with Gasteiger partial charge < -0.3 is 25.2 Å². The number of carboxylic acids is 1. The van der Waals surface area contributed by atoms with Gasteiger partial charge in [0.25, 0.3) is 0 Å². The summed E-state index contributed by atoms with van der Waals surface area (Å²) in [5.41, 5.74) is 0. The van der Waals surface area contributed by atoms with Crippen molar-refractivity contribution in [3.8, 4) is 0 Å². The first-order valence-corrected chi connectivity index (χ1v) is 24.3. The molecule has 0 radical (unpaired) electrons. The minimum absolute atomic E-state index is 0.0590. The molecule has 11 nitrogen and oxygen atoms in total. The van der Waals surface area contributed by atoms with E-state index >= 15 is 0 Å². The number of carboxylic acid groups (broad SMARTS) is 1. The topological polar surface area (TPSA) is 169 Å². The Bertz CT molecular complexity index is 1400. The van der Waals surface area contributed by atoms with Crippen molar-refractivity contribution in [2.45, 2.75) is 174 Å². The molecule has 0 heterocycles. The standard InChI is InChI=1S/C49H80NO10P/c1-3-5-7-9-11-13-15-17-19-20-21-22-23-24-25-26-27-28-30-32-34-36-38-40-47(52)50-46(49(54)55)44-60-61(56,57)59-43-45(51)42-58-48(53)41-39-37-35-33-31-29-18-16-14-12-10-8-6-4-2/h5,7,11,13,16-19,21-22,24-25,27-28,32,34,45-46,51H,3-4,6,8-10,12,14-15,20,23,26,29-31,33,35-44H2,1-2H3,(H,50,52)(H,54,55)(H,56,57)/b7-5-,13-11-,18-16-,19-17-,22-21-,25-24-,28-27-,34-32-. The summed E-state index contributed by atoms with van der Waals surface area (Å²) >= 11 is 0. The highest BCUT2D eigenvalue weighted by Crippen LogP contribution is 2.43. The Morgan fingerprint density at radius 3 is 1.48 bits per heavy atom. The molecular formula is C49H80NO10P. The van der Waals surface area contributed by atoms with Crippen LogP contribution in [0.4, 0.5) is 0 Å². The second kappa shape index (κ2) is 43.1. The maximum atomic E-state index is 12.3. The molecule has 0 aliphatic carbocycles. The van der Waals surface area contributed by atoms with Gasteiger partial charge in [0, 0.05) is 12.8 Å². The first-order chi connectivity index (χ1) is 29.6. The summed E-state index contributed by atoms with van der Waals surface area (Å²) in [7, 11) is -4.78. The molecule has 0 rings (SSSR count). The number of hydrogen-bond acceptors (Lipinski definition) is 8. The van der Waals surface area contributed by atoms with Crippen molar-refractivity contribution in [3.05, 3.63) is 97.2 Å². The van der Waals surface area contributed by atoms with Crippen LogP contribution in [0.1, 0.15) is 162 Å². The van der Waals surface area contributed by atoms with E-state index in [9.17, 15) is 34.1 Å². The van der Waals surface area contributed by atoms with Gasteiger partial charge in [0.1, 0.15) is 12.7 Å². The van der Waals surface area contributed by atoms with Gasteiger partial charge in [0.2, 0.25) is 5.91 Å². The number of aliphatic carboxylic acids is 1. The zero-order chi connectivity index (χ0) is 44.9. The van der Waals surface area contributed by atoms with Gasteiger partial charge in [0.05, 0.1) is 13.2 Å². The Morgan fingerprint density at radius 2 is 0.967 bits per heavy atom. The number of aliphatic hydroxyl groups excluding tert-OH is 1. The zero-order valence-corrected chi connectivity index (χ0v) is 38.3. The third kappa shape index (κ3) is 42.9. The lowest BCUT2D eigenvalue weighted by Gasteiger charge is -2.18. The van der Waals surface area contributed by atoms with Gasteiger partial charge in [-0.3, -0.25) is 18.6 Å². The van der Waals surface area contributed by atoms with Crippen molar-refractivity contribution in [1.82, 2.24) is 5.32 Å². The number of phosphoric acid groups is 1. The van der Waals surface area contributed by atoms with Gasteiger partial charge in [-0.05, 0) is 89.9 Å². The van der Waals surface area contributed by atoms with Crippen LogP contribution in [0, 0.1) is 0 Å². The van der Waals surface area contributed by atoms with Crippen LogP contribution in [0.3, 0.4) is 0 Å². The second-order valence-electron chi connectivity index (χ2n) is 14.9. The van der Waals surface area contributed by atoms with Gasteiger partial charge in [-0.25, -0.2) is 9.36 Å². The van der Waals surface area contributed by atoms with E-state index in [1.165, 1.54) is 32.1 Å². The number of carbonyl (C=O) groups is 3. The van der Waals surface area contributed by atoms with Gasteiger partial charge in [-0.1, -0.05) is 156 Å². The number of esters is 1. The number of nitrogens with one attached hydrogen (secondary N) is 1. The first-order valence-electron chi connectivity index (χ1n) is 22.8. The lowest BCUT2D eigenvalue weighted by Crippen LogP contribution is -2.43. The van der Waals surface area contributed by atoms with Crippen molar-refractivity contribution < 1.29 is 47.8 Å². The molecule has 0 aromatic heterocycles. The lowest BCUT2D eigenvalue weighted by atomic mass is 10.1. The van der Waals surface area contributed by atoms with Crippen LogP contribution in [-0.2, 0) is 32.7 Å². The van der Waals surface area contributed by atoms with Crippen molar-refractivity contribution in [2.24, 2.45) is 0 Å². The van der Waals surface area contributed by atoms with Crippen LogP contribution in [-0.4, -0.2) is 64.9 Å². The first kappa shape index (κ1) is 57.4. The summed E-state index contributed by atoms with van der Waals surface area (Å²) < 4.78 is 26.8. The number of amides is 1. The highest BCUT2D eigenvalue weighted by atomic mass is 31.2. The van der Waals surface area contributed by atoms with E-state index in [0.717, 1.165) is 83.5 Å². The lowest BCUT2D eigenvalue weighted by molar-refractivity contribution is -0.147. The predicted molar refractivity (Wildman–Crippen MR) is 249 cm³/mol. The number of ether oxygens (including phenoxy) is 1. The van der Waals surface area contributed by atoms with Gasteiger partial charge in [-0.15, -0.1) is 0 Å². The van der Waals surface area contributed by atoms with Crippen LogP contribution >= 0.6 is 7.82 Å². The number of rotatable bonds is 41. The highest BCUT2D eigenvalue weighted by Gasteiger charge is 2.28. The summed E-state index contributed by atoms with van der Waals surface area (Å²) in [6.45, 7) is 2.40. The summed E-state index contributed by atoms with van der Waals surface area (Å²) in [6, 6.07) is -1.59. The van der Waals surface area contributed by atoms with Crippen LogP contribution in [0.25, 0.3) is 0 Å². The minimum atomic E-state index is -4.78. The highest BCUT2D eigenvalue weighted by molar-refractivity contribution is 7.47. The summed E-state index contributed by atoms with van der Waals surface area (Å²) in [5.74, 6) is -2.48. The average Bonchev–Trinajstić information content (AvgIpc) is 3.24. The van der Waals surface area contributed by atoms with E-state index in [1.807, 2.05) is 12.2 Å². The van der Waals surface area contributed by atoms with Crippen LogP contribution in [0.2, 0.25) is 0 Å². The Kier molecular flexibility index (Phi) is 40.5. The molecule has 0 aromatic rings. The molecule has 0 aliphatic rings. The molecule has 3 unspecified atom stereocenters. The molecule has 1 amide bonds. The Hall–Kier alpha value is -3.60. The SMILES string of the molecule is CC/C=C\C/C=C\C/C=C\C/C=C\C/C=C\C/C=C\C/C=C\CCCC(=O)NC(COP(=O)(O)OCC(O)COC(=O)CCCCCCC/C=C\CCCCCCC)C(=O)O. The fraction of sp³-hybridized carbons (Fsp3) is 0.612. The number of unbranched alkanes of at least 4 members (excludes halogenated alkanes) is 11. The predicted octanol–water partition coefficient (Wildman–Crippen LogP) is 12.1. The molecule has 0 saturated carbocycles. The summed E-state index contributed by atoms with van der Waals surface area (Å²) in [4.78, 5) is 45.9. The van der Waals surface area contributed by atoms with E-state index in [0.29, 0.717) is 19.3 Å². The maximum Gasteiger partial charge on any atom is 0.472 e. The Labute approximate surface area is 368 Å². The monoisotopic (exact) mass is 874 g/mol. The number of carbonyl (C=O) groups excluding carboxylic acids is 2. The van der Waals surface area contributed by atoms with Gasteiger partial charge in [0.15, 0.2) is 6.04 Å². The molecule has 0 bridgehead atoms. The number of allylic oxidation sites excluding steroid dienone is 16. The van der Waals surface area contributed by atoms with Crippen molar-refractivity contribution >= 4 is 25.7 Å². The normalized spacial score (nSPS) is 14.6. The number of phosphoric ester groups is 1. The summed E-state index contributed by atoms with van der Waals surface area (Å²) in [5, 5.41) is 21.8. The van der Waals surface area contributed by atoms with Crippen molar-refractivity contribution in [1.29, 1.82) is 0 Å². The second-order valence-corrected chi connectivity index (χ2v) is 16.3. The third-order valence-electron chi connectivity index (χ3n) is 9.11. The van der Waals surface area contributed by atoms with Crippen LogP contribution < -0.4 is 5.32 Å². The molecule has 12 heteroatoms. The van der Waals surface area contributed by atoms with Gasteiger partial charge >= 0.3 is 19.8 Å². The quantitative estimate of drug-likeness (QED) is 0.0201. The Balaban J connectivity index is 4.03. The minimum Gasteiger partial charge on any atom is -0.480 e. The van der Waals surface area contributed by atoms with Gasteiger partial charge in [-0.2, -0.15) is 0 Å². The zero-order valence-electron chi connectivity index (χ0n) is 37.4. The van der Waals surface area contributed by atoms with Crippen molar-refractivity contribution in [3.63, 3.8) is 0 Å². The van der Waals surface area contributed by atoms with E-state index in [-0.39, 0.29) is 12.8 Å². The molecular weight excluding hydrogens is 794 g/mol. The number of aliphatic hydroxyl groups is 1.